The van der Waals surface area contributed by atoms with Crippen LogP contribution in [0, 0.1) is 0 Å². The minimum atomic E-state index is -3.30. The molecule has 2 fully saturated rings. The van der Waals surface area contributed by atoms with E-state index in [9.17, 15) is 18.0 Å². The van der Waals surface area contributed by atoms with E-state index < -0.39 is 10.0 Å². The molecule has 1 aromatic heterocycles. The first-order valence-corrected chi connectivity index (χ1v) is 15.6. The third kappa shape index (κ3) is 5.85. The molecule has 12 heteroatoms. The van der Waals surface area contributed by atoms with E-state index in [4.69, 9.17) is 23.2 Å². The van der Waals surface area contributed by atoms with Crippen molar-refractivity contribution in [3.63, 3.8) is 0 Å². The van der Waals surface area contributed by atoms with Gasteiger partial charge in [0.2, 0.25) is 10.0 Å². The molecule has 2 saturated heterocycles. The molecule has 3 heterocycles. The molecule has 5 rings (SSSR count). The van der Waals surface area contributed by atoms with Crippen molar-refractivity contribution in [2.75, 3.05) is 52.6 Å². The minimum Gasteiger partial charge on any atom is -0.336 e. The largest absolute Gasteiger partial charge is 0.336 e. The van der Waals surface area contributed by atoms with E-state index in [1.54, 1.807) is 33.9 Å². The van der Waals surface area contributed by atoms with Crippen molar-refractivity contribution in [3.05, 3.63) is 88.2 Å². The minimum absolute atomic E-state index is 0.148. The van der Waals surface area contributed by atoms with Crippen LogP contribution >= 0.6 is 23.2 Å². The maximum atomic E-state index is 13.6. The van der Waals surface area contributed by atoms with E-state index in [1.165, 1.54) is 10.6 Å². The molecule has 212 valence electrons. The normalized spacial score (nSPS) is 20.1. The molecule has 3 amide bonds. The number of nitrogens with zero attached hydrogens (tertiary/aromatic N) is 5. The van der Waals surface area contributed by atoms with Gasteiger partial charge in [0.05, 0.1) is 22.3 Å². The van der Waals surface area contributed by atoms with Crippen molar-refractivity contribution >= 4 is 45.2 Å². The third-order valence-corrected chi connectivity index (χ3v) is 9.79. The van der Waals surface area contributed by atoms with Crippen LogP contribution < -0.4 is 0 Å². The maximum Gasteiger partial charge on any atom is 0.320 e. The number of piperazine rings is 1. The van der Waals surface area contributed by atoms with Gasteiger partial charge in [-0.3, -0.25) is 4.79 Å². The zero-order valence-electron chi connectivity index (χ0n) is 22.3. The molecule has 0 radical (unpaired) electrons. The summed E-state index contributed by atoms with van der Waals surface area (Å²) in [5, 5.41) is 0.845. The molecule has 3 aromatic rings. The van der Waals surface area contributed by atoms with Crippen LogP contribution in [0.5, 0.6) is 0 Å². The second-order valence-corrected chi connectivity index (χ2v) is 13.0. The lowest BCUT2D eigenvalue weighted by Gasteiger charge is -2.35. The van der Waals surface area contributed by atoms with E-state index in [0.29, 0.717) is 41.8 Å². The van der Waals surface area contributed by atoms with Crippen LogP contribution in [0.15, 0.2) is 67.0 Å². The Hall–Kier alpha value is -3.05. The average Bonchev–Trinajstić information content (AvgIpc) is 3.64. The van der Waals surface area contributed by atoms with Crippen molar-refractivity contribution in [1.29, 1.82) is 0 Å². The summed E-state index contributed by atoms with van der Waals surface area (Å²) >= 11 is 12.5. The van der Waals surface area contributed by atoms with Gasteiger partial charge in [-0.1, -0.05) is 29.3 Å². The van der Waals surface area contributed by atoms with Gasteiger partial charge in [0.15, 0.2) is 0 Å². The number of carbonyl (C=O) groups is 2. The predicted octanol–water partition coefficient (Wildman–Crippen LogP) is 4.02. The highest BCUT2D eigenvalue weighted by atomic mass is 35.5. The number of hydrogen-bond acceptors (Lipinski definition) is 4. The van der Waals surface area contributed by atoms with E-state index in [1.807, 2.05) is 59.4 Å². The highest BCUT2D eigenvalue weighted by Crippen LogP contribution is 2.35. The molecule has 9 nitrogen and oxygen atoms in total. The first-order chi connectivity index (χ1) is 19.0. The number of halogens is 2. The maximum absolute atomic E-state index is 13.6. The smallest absolute Gasteiger partial charge is 0.320 e. The van der Waals surface area contributed by atoms with Crippen LogP contribution in [0.2, 0.25) is 10.0 Å². The summed E-state index contributed by atoms with van der Waals surface area (Å²) in [6, 6.07) is 16.2. The second-order valence-electron chi connectivity index (χ2n) is 10.2. The summed E-state index contributed by atoms with van der Waals surface area (Å²) in [5.41, 5.74) is 2.39. The summed E-state index contributed by atoms with van der Waals surface area (Å²) in [6.45, 7) is 1.86. The van der Waals surface area contributed by atoms with Gasteiger partial charge < -0.3 is 19.3 Å². The molecular weight excluding hydrogens is 573 g/mol. The summed E-state index contributed by atoms with van der Waals surface area (Å²) in [6.07, 6.45) is 5.06. The standard InChI is InChI=1S/C28H31Cl2N5O4S/c1-31(27(36)20-5-8-22(9-6-20)32-11-3-4-12-32)26-19-34(18-23(26)21-7-10-24(29)25(30)17-21)28(37)33-13-15-35(16-14-33)40(2,38)39/h3-12,17,23,26H,13-16,18-19H2,1-2H3/t23?,26-/m1/s1. The number of carbonyl (C=O) groups excluding carboxylic acids is 2. The molecule has 2 aromatic carbocycles. The first-order valence-electron chi connectivity index (χ1n) is 13.0. The lowest BCUT2D eigenvalue weighted by atomic mass is 9.93. The summed E-state index contributed by atoms with van der Waals surface area (Å²) in [4.78, 5) is 32.3. The van der Waals surface area contributed by atoms with Crippen LogP contribution in [-0.4, -0.2) is 103 Å². The monoisotopic (exact) mass is 603 g/mol. The van der Waals surface area contributed by atoms with Crippen LogP contribution in [0.4, 0.5) is 4.79 Å². The zero-order chi connectivity index (χ0) is 28.6. The molecule has 40 heavy (non-hydrogen) atoms. The van der Waals surface area contributed by atoms with Crippen molar-refractivity contribution in [2.45, 2.75) is 12.0 Å². The third-order valence-electron chi connectivity index (χ3n) is 7.74. The Morgan fingerprint density at radius 3 is 2.12 bits per heavy atom. The number of sulfonamides is 1. The number of benzene rings is 2. The number of amides is 3. The number of likely N-dealkylation sites (N-methyl/N-ethyl adjacent to an activating group) is 1. The zero-order valence-corrected chi connectivity index (χ0v) is 24.6. The topological polar surface area (TPSA) is 86.2 Å². The Morgan fingerprint density at radius 2 is 1.52 bits per heavy atom. The fourth-order valence-corrected chi connectivity index (χ4v) is 6.59. The van der Waals surface area contributed by atoms with E-state index >= 15 is 0 Å². The first kappa shape index (κ1) is 28.5. The fraction of sp³-hybridized carbons (Fsp3) is 0.357. The summed E-state index contributed by atoms with van der Waals surface area (Å²) < 4.78 is 27.2. The van der Waals surface area contributed by atoms with Gasteiger partial charge >= 0.3 is 6.03 Å². The van der Waals surface area contributed by atoms with E-state index in [0.717, 1.165) is 11.3 Å². The molecule has 1 unspecified atom stereocenters. The lowest BCUT2D eigenvalue weighted by Crippen LogP contribution is -2.53. The number of likely N-dealkylation sites (tertiary alicyclic amines) is 1. The van der Waals surface area contributed by atoms with Gasteiger partial charge in [-0.15, -0.1) is 0 Å². The number of urea groups is 1. The highest BCUT2D eigenvalue weighted by Gasteiger charge is 2.42. The molecule has 0 saturated carbocycles. The number of hydrogen-bond donors (Lipinski definition) is 0. The molecule has 0 bridgehead atoms. The molecule has 2 aliphatic rings. The van der Waals surface area contributed by atoms with Gasteiger partial charge in [0, 0.05) is 75.9 Å². The van der Waals surface area contributed by atoms with Gasteiger partial charge in [-0.25, -0.2) is 13.2 Å². The quantitative estimate of drug-likeness (QED) is 0.441. The lowest BCUT2D eigenvalue weighted by molar-refractivity contribution is 0.0723. The number of rotatable bonds is 5. The fourth-order valence-electron chi connectivity index (χ4n) is 5.45. The van der Waals surface area contributed by atoms with Crippen LogP contribution in [0.3, 0.4) is 0 Å². The van der Waals surface area contributed by atoms with Crippen LogP contribution in [-0.2, 0) is 10.0 Å². The average molecular weight is 605 g/mol. The molecule has 0 spiro atoms. The Labute approximate surface area is 244 Å². The van der Waals surface area contributed by atoms with E-state index in [2.05, 4.69) is 0 Å². The molecule has 0 aliphatic carbocycles. The molecular formula is C28H31Cl2N5O4S. The van der Waals surface area contributed by atoms with Gasteiger partial charge in [0.25, 0.3) is 5.91 Å². The van der Waals surface area contributed by atoms with E-state index in [-0.39, 0.29) is 37.0 Å². The van der Waals surface area contributed by atoms with Gasteiger partial charge in [0.1, 0.15) is 0 Å². The number of aromatic nitrogens is 1. The second kappa shape index (κ2) is 11.4. The van der Waals surface area contributed by atoms with Gasteiger partial charge in [-0.2, -0.15) is 4.31 Å². The molecule has 0 N–H and O–H groups in total. The molecule has 2 aliphatic heterocycles. The predicted molar refractivity (Wildman–Crippen MR) is 156 cm³/mol. The van der Waals surface area contributed by atoms with Crippen molar-refractivity contribution < 1.29 is 18.0 Å². The van der Waals surface area contributed by atoms with Crippen molar-refractivity contribution in [3.8, 4) is 5.69 Å². The summed E-state index contributed by atoms with van der Waals surface area (Å²) in [5.74, 6) is -0.339. The van der Waals surface area contributed by atoms with Crippen LogP contribution in [0.25, 0.3) is 5.69 Å². The Bertz CT molecular complexity index is 1490. The van der Waals surface area contributed by atoms with Crippen molar-refractivity contribution in [2.24, 2.45) is 0 Å². The van der Waals surface area contributed by atoms with Crippen LogP contribution in [0.1, 0.15) is 21.8 Å². The Balaban J connectivity index is 1.36. The Morgan fingerprint density at radius 1 is 0.875 bits per heavy atom. The van der Waals surface area contributed by atoms with Crippen molar-refractivity contribution in [1.82, 2.24) is 23.6 Å². The SMILES string of the molecule is CN(C(=O)c1ccc(-n2cccc2)cc1)[C@@H]1CN(C(=O)N2CCN(S(C)(=O)=O)CC2)CC1c1ccc(Cl)c(Cl)c1. The molecule has 2 atom stereocenters. The van der Waals surface area contributed by atoms with Gasteiger partial charge in [-0.05, 0) is 54.1 Å². The summed E-state index contributed by atoms with van der Waals surface area (Å²) in [7, 11) is -1.54. The highest BCUT2D eigenvalue weighted by molar-refractivity contribution is 7.88. The Kier molecular flexibility index (Phi) is 8.15.